The lowest BCUT2D eigenvalue weighted by Gasteiger charge is -2.06. The molecule has 4 rings (SSSR count). The number of ether oxygens (including phenoxy) is 1. The van der Waals surface area contributed by atoms with Crippen LogP contribution in [-0.2, 0) is 73.2 Å². The molecule has 0 aliphatic carbocycles. The maximum Gasteiger partial charge on any atom is 0.399 e. The minimum Gasteiger partial charge on any atom is -0.511 e. The molecule has 0 radical (unpaired) electrons. The highest BCUT2D eigenvalue weighted by molar-refractivity contribution is 7.81. The van der Waals surface area contributed by atoms with Gasteiger partial charge in [0, 0.05) is 67.8 Å². The molecule has 79 heavy (non-hydrogen) atoms. The number of carbonyl (C=O) groups excluding carboxylic acids is 4. The van der Waals surface area contributed by atoms with Crippen molar-refractivity contribution in [1.82, 2.24) is 0 Å². The van der Waals surface area contributed by atoms with Crippen molar-refractivity contribution >= 4 is 95.4 Å². The van der Waals surface area contributed by atoms with Gasteiger partial charge in [0.2, 0.25) is 11.0 Å². The highest BCUT2D eigenvalue weighted by Crippen LogP contribution is 2.19. The third kappa shape index (κ3) is 34.9. The summed E-state index contributed by atoms with van der Waals surface area (Å²) in [6.07, 6.45) is -0.156. The van der Waals surface area contributed by atoms with Crippen LogP contribution < -0.4 is 0 Å². The quantitative estimate of drug-likeness (QED) is 0.0203. The maximum atomic E-state index is 11.4. The molecule has 0 aliphatic heterocycles. The topological polar surface area (TPSA) is 444 Å². The number of allylic oxidation sites excluding steroid dienone is 2. The Bertz CT molecular complexity index is 3110. The molecule has 33 heteroatoms. The Balaban J connectivity index is -0.000000889. The summed E-state index contributed by atoms with van der Waals surface area (Å²) in [6.45, 7) is 13.5. The number of nitro benzene ring substituents is 4. The number of rotatable bonds is 17. The Labute approximate surface area is 462 Å². The number of carbonyl (C=O) groups is 5. The van der Waals surface area contributed by atoms with Crippen molar-refractivity contribution in [3.8, 4) is 24.3 Å². The largest absolute Gasteiger partial charge is 0.511 e. The molecule has 0 saturated heterocycles. The Morgan fingerprint density at radius 3 is 1.18 bits per heavy atom. The summed E-state index contributed by atoms with van der Waals surface area (Å²) in [5, 5.41) is 79.8. The second kappa shape index (κ2) is 41.1. The fourth-order valence-electron chi connectivity index (χ4n) is 4.62. The van der Waals surface area contributed by atoms with Crippen molar-refractivity contribution in [2.45, 2.75) is 38.1 Å². The van der Waals surface area contributed by atoms with E-state index < -0.39 is 63.6 Å². The van der Waals surface area contributed by atoms with Gasteiger partial charge in [-0.25, -0.2) is 16.7 Å². The predicted octanol–water partition coefficient (Wildman–Crippen LogP) is 7.55. The second-order valence-electron chi connectivity index (χ2n) is 13.3. The van der Waals surface area contributed by atoms with E-state index in [-0.39, 0.29) is 66.3 Å². The van der Waals surface area contributed by atoms with Gasteiger partial charge in [-0.15, -0.1) is 0 Å². The van der Waals surface area contributed by atoms with Gasteiger partial charge in [0.15, 0.2) is 6.07 Å². The number of nitriles is 4. The van der Waals surface area contributed by atoms with Crippen molar-refractivity contribution in [3.05, 3.63) is 194 Å². The number of Topliss-reactive ketones (excluding diaryl/α,β-unsaturated/α-hetero) is 1. The number of halogens is 3. The number of carboxylic acids is 1. The molecule has 0 spiro atoms. The lowest BCUT2D eigenvalue weighted by atomic mass is 10.0. The van der Waals surface area contributed by atoms with Gasteiger partial charge < -0.3 is 9.84 Å². The molecule has 0 bridgehead atoms. The molecule has 0 saturated carbocycles. The van der Waals surface area contributed by atoms with Crippen LogP contribution in [0.15, 0.2) is 109 Å². The van der Waals surface area contributed by atoms with E-state index in [1.807, 2.05) is 0 Å². The van der Waals surface area contributed by atoms with Gasteiger partial charge >= 0.3 is 32.9 Å². The predicted molar refractivity (Wildman–Crippen MR) is 273 cm³/mol. The number of ketones is 1. The zero-order valence-corrected chi connectivity index (χ0v) is 43.7. The van der Waals surface area contributed by atoms with E-state index in [9.17, 15) is 72.8 Å². The number of non-ortho nitro benzene ring substituents is 4. The highest BCUT2D eigenvalue weighted by Gasteiger charge is 2.23. The molecule has 0 fully saturated rings. The van der Waals surface area contributed by atoms with Gasteiger partial charge in [0.25, 0.3) is 28.4 Å². The van der Waals surface area contributed by atoms with Crippen molar-refractivity contribution in [3.63, 3.8) is 0 Å². The van der Waals surface area contributed by atoms with Crippen LogP contribution in [0.1, 0.15) is 28.7 Å². The molecule has 0 aromatic heterocycles. The van der Waals surface area contributed by atoms with Gasteiger partial charge in [-0.05, 0) is 57.1 Å². The SMILES string of the molecule is COS(=O)(=O)OC.N#CCC#N.O=C(Cl)C(=O)Cl.O=C(Cl)Cc1cccc([N+](=O)[O-])c1.O=C(O)Cc1cccc([N+](=O)[O-])c1.[C-]#[N+]/C(C#N)=C(\Cc1cccc([N+](=O)[O-])c1)OC.[C-]#[N+]C(C#N)C(=O)Cc1cccc([N+](=O)[O-])c1. The molecule has 0 amide bonds. The van der Waals surface area contributed by atoms with E-state index in [1.54, 1.807) is 54.6 Å². The summed E-state index contributed by atoms with van der Waals surface area (Å²) in [5.74, 6) is -1.35. The van der Waals surface area contributed by atoms with E-state index in [0.717, 1.165) is 14.2 Å². The monoisotopic (exact) mass is 1170 g/mol. The number of benzene rings is 4. The van der Waals surface area contributed by atoms with Gasteiger partial charge in [-0.3, -0.25) is 77.6 Å². The minimum absolute atomic E-state index is 0. The van der Waals surface area contributed by atoms with Crippen LogP contribution in [0.5, 0.6) is 0 Å². The van der Waals surface area contributed by atoms with Crippen LogP contribution in [0.4, 0.5) is 22.7 Å². The van der Waals surface area contributed by atoms with Crippen LogP contribution >= 0.6 is 34.8 Å². The van der Waals surface area contributed by atoms with Crippen LogP contribution in [0.25, 0.3) is 9.69 Å². The fraction of sp³-hybridized carbons (Fsp3) is 0.196. The van der Waals surface area contributed by atoms with Crippen molar-refractivity contribution in [1.29, 1.82) is 21.0 Å². The molecule has 412 valence electrons. The van der Waals surface area contributed by atoms with Crippen LogP contribution in [-0.4, -0.2) is 88.1 Å². The number of nitrogens with zero attached hydrogens (tertiary/aromatic N) is 10. The number of hydrogen-bond donors (Lipinski definition) is 1. The third-order valence-corrected chi connectivity index (χ3v) is 9.32. The van der Waals surface area contributed by atoms with Gasteiger partial charge in [0.05, 0.1) is 72.2 Å². The molecule has 29 nitrogen and oxygen atoms in total. The summed E-state index contributed by atoms with van der Waals surface area (Å²) in [7, 11) is -0.248. The zero-order chi connectivity index (χ0) is 61.3. The number of aliphatic carboxylic acids is 1. The van der Waals surface area contributed by atoms with E-state index in [1.165, 1.54) is 73.8 Å². The third-order valence-electron chi connectivity index (χ3n) is 7.93. The summed E-state index contributed by atoms with van der Waals surface area (Å²) in [6, 6.07) is 28.3. The highest BCUT2D eigenvalue weighted by atomic mass is 35.5. The Morgan fingerprint density at radius 2 is 0.962 bits per heavy atom. The molecule has 4 aromatic carbocycles. The average Bonchev–Trinajstić information content (AvgIpc) is 3.40. The van der Waals surface area contributed by atoms with Crippen LogP contribution in [0, 0.1) is 98.9 Å². The maximum absolute atomic E-state index is 11.4. The zero-order valence-electron chi connectivity index (χ0n) is 40.7. The van der Waals surface area contributed by atoms with Crippen LogP contribution in [0.2, 0.25) is 0 Å². The van der Waals surface area contributed by atoms with E-state index in [0.29, 0.717) is 22.3 Å². The smallest absolute Gasteiger partial charge is 0.399 e. The molecular formula is C46H37Cl3N10O19S. The van der Waals surface area contributed by atoms with E-state index in [2.05, 4.69) is 41.3 Å². The minimum atomic E-state index is -3.66. The van der Waals surface area contributed by atoms with Gasteiger partial charge in [-0.2, -0.15) is 24.2 Å². The summed E-state index contributed by atoms with van der Waals surface area (Å²) >= 11 is 14.1. The molecule has 4 aromatic rings. The van der Waals surface area contributed by atoms with E-state index in [4.69, 9.17) is 55.6 Å². The fourth-order valence-corrected chi connectivity index (χ4v) is 4.91. The Kier molecular flexibility index (Phi) is 38.1. The van der Waals surface area contributed by atoms with Gasteiger partial charge in [-0.1, -0.05) is 48.5 Å². The van der Waals surface area contributed by atoms with Crippen molar-refractivity contribution in [2.24, 2.45) is 0 Å². The average molecular weight is 1170 g/mol. The second-order valence-corrected chi connectivity index (χ2v) is 15.9. The molecule has 1 atom stereocenters. The summed E-state index contributed by atoms with van der Waals surface area (Å²) < 4.78 is 32.5. The summed E-state index contributed by atoms with van der Waals surface area (Å²) in [4.78, 5) is 96.6. The number of nitro groups is 4. The number of hydrogen-bond acceptors (Lipinski definition) is 22. The lowest BCUT2D eigenvalue weighted by molar-refractivity contribution is -0.385. The Hall–Kier alpha value is -10.2. The molecule has 1 N–H and O–H groups in total. The van der Waals surface area contributed by atoms with E-state index >= 15 is 0 Å². The van der Waals surface area contributed by atoms with Crippen LogP contribution in [0.3, 0.4) is 0 Å². The molecule has 0 heterocycles. The molecule has 1 unspecified atom stereocenters. The lowest BCUT2D eigenvalue weighted by Crippen LogP contribution is -2.17. The Morgan fingerprint density at radius 1 is 0.620 bits per heavy atom. The number of carboxylic acid groups (broad SMARTS) is 1. The normalized spacial score (nSPS) is 9.87. The first-order valence-electron chi connectivity index (χ1n) is 20.2. The van der Waals surface area contributed by atoms with Crippen molar-refractivity contribution < 1.29 is 70.3 Å². The van der Waals surface area contributed by atoms with Gasteiger partial charge in [0.1, 0.15) is 12.2 Å². The first kappa shape index (κ1) is 73.1. The number of methoxy groups -OCH3 is 1. The summed E-state index contributed by atoms with van der Waals surface area (Å²) in [5.41, 5.74) is 1.59. The first-order valence-corrected chi connectivity index (χ1v) is 22.7. The molecular weight excluding hydrogens is 1130 g/mol. The van der Waals surface area contributed by atoms with Crippen molar-refractivity contribution in [2.75, 3.05) is 21.3 Å². The molecule has 0 aliphatic rings. The first-order chi connectivity index (χ1) is 37.1. The standard InChI is InChI=1S/C12H9N3O3.C11H7N3O3.C8H6ClNO3.C8H7NO4.C3H2N2.C2Cl2O2.C2H6O4S/c1-14-11(8-13)12(18-2)7-9-4-3-5-10(6-9)15(16)17;1-13-10(7-12)11(15)6-8-3-2-4-9(5-8)14(16)17;9-8(11)5-6-2-1-3-7(4-6)10(12)13;10-8(11)5-6-2-1-3-7(4-6)9(12)13;4-2-1-3-5;3-1(5)2(4)6;1-5-7(3,4)6-2/h3-6H,7H2,2H3;2-5,10H,6H2;1-4H,5H2;1-4H,5H2,(H,10,11);1H2;;1-2H3/b12-11+;;;;;;.